The van der Waals surface area contributed by atoms with Gasteiger partial charge in [-0.05, 0) is 17.7 Å². The van der Waals surface area contributed by atoms with Gasteiger partial charge >= 0.3 is 5.97 Å². The van der Waals surface area contributed by atoms with Crippen molar-refractivity contribution < 1.29 is 14.6 Å². The van der Waals surface area contributed by atoms with Gasteiger partial charge in [0.1, 0.15) is 17.2 Å². The van der Waals surface area contributed by atoms with Gasteiger partial charge in [0, 0.05) is 15.9 Å². The molecule has 1 heterocycles. The molecular formula is C12H9BrO3S. The second kappa shape index (κ2) is 5.33. The fraction of sp³-hybridized carbons (Fsp3) is 0.0833. The Kier molecular flexibility index (Phi) is 3.81. The first-order valence-corrected chi connectivity index (χ1v) is 6.51. The van der Waals surface area contributed by atoms with Crippen LogP contribution in [-0.4, -0.2) is 11.1 Å². The largest absolute Gasteiger partial charge is 0.488 e. The highest BCUT2D eigenvalue weighted by molar-refractivity contribution is 9.10. The molecule has 2 aromatic rings. The molecule has 1 N–H and O–H groups in total. The summed E-state index contributed by atoms with van der Waals surface area (Å²) in [6, 6.07) is 9.32. The van der Waals surface area contributed by atoms with Crippen LogP contribution in [0.4, 0.5) is 0 Å². The zero-order chi connectivity index (χ0) is 12.3. The minimum absolute atomic E-state index is 0.288. The first kappa shape index (κ1) is 12.1. The van der Waals surface area contributed by atoms with Crippen molar-refractivity contribution >= 4 is 33.2 Å². The number of halogens is 1. The van der Waals surface area contributed by atoms with Crippen molar-refractivity contribution in [1.29, 1.82) is 0 Å². The Labute approximate surface area is 111 Å². The van der Waals surface area contributed by atoms with E-state index >= 15 is 0 Å². The van der Waals surface area contributed by atoms with Gasteiger partial charge in [0.15, 0.2) is 0 Å². The quantitative estimate of drug-likeness (QED) is 0.934. The van der Waals surface area contributed by atoms with E-state index in [1.54, 1.807) is 5.38 Å². The van der Waals surface area contributed by atoms with Crippen LogP contribution in [0.15, 0.2) is 40.2 Å². The SMILES string of the molecule is O=C(O)c1cc(OCc2ccc(Br)cc2)cs1. The third-order valence-corrected chi connectivity index (χ3v) is 3.53. The first-order chi connectivity index (χ1) is 8.15. The minimum atomic E-state index is -0.923. The van der Waals surface area contributed by atoms with Crippen LogP contribution in [-0.2, 0) is 6.61 Å². The predicted octanol–water partition coefficient (Wildman–Crippen LogP) is 3.79. The standard InChI is InChI=1S/C12H9BrO3S/c13-9-3-1-8(2-4-9)6-16-10-5-11(12(14)15)17-7-10/h1-5,7H,6H2,(H,14,15). The van der Waals surface area contributed by atoms with E-state index in [0.29, 0.717) is 12.4 Å². The molecule has 0 saturated heterocycles. The number of ether oxygens (including phenoxy) is 1. The van der Waals surface area contributed by atoms with Crippen LogP contribution in [0.5, 0.6) is 5.75 Å². The molecule has 1 aromatic carbocycles. The maximum absolute atomic E-state index is 10.7. The molecule has 17 heavy (non-hydrogen) atoms. The van der Waals surface area contributed by atoms with Crippen molar-refractivity contribution in [3.8, 4) is 5.75 Å². The molecule has 5 heteroatoms. The highest BCUT2D eigenvalue weighted by Gasteiger charge is 2.07. The number of hydrogen-bond acceptors (Lipinski definition) is 3. The van der Waals surface area contributed by atoms with Crippen LogP contribution in [0.2, 0.25) is 0 Å². The third-order valence-electron chi connectivity index (χ3n) is 2.10. The average Bonchev–Trinajstić information content (AvgIpc) is 2.77. The summed E-state index contributed by atoms with van der Waals surface area (Å²) >= 11 is 4.52. The molecule has 2 rings (SSSR count). The van der Waals surface area contributed by atoms with Crippen LogP contribution in [0.25, 0.3) is 0 Å². The first-order valence-electron chi connectivity index (χ1n) is 4.84. The number of benzene rings is 1. The highest BCUT2D eigenvalue weighted by Crippen LogP contribution is 2.22. The van der Waals surface area contributed by atoms with Gasteiger partial charge in [-0.1, -0.05) is 28.1 Å². The van der Waals surface area contributed by atoms with Crippen LogP contribution in [0.1, 0.15) is 15.2 Å². The molecule has 88 valence electrons. The second-order valence-electron chi connectivity index (χ2n) is 3.37. The van der Waals surface area contributed by atoms with Gasteiger partial charge in [0.05, 0.1) is 0 Å². The molecule has 0 aliphatic rings. The average molecular weight is 313 g/mol. The van der Waals surface area contributed by atoms with E-state index in [1.165, 1.54) is 6.07 Å². The smallest absolute Gasteiger partial charge is 0.346 e. The van der Waals surface area contributed by atoms with Gasteiger partial charge in [-0.3, -0.25) is 0 Å². The molecule has 0 amide bonds. The molecule has 0 aliphatic carbocycles. The van der Waals surface area contributed by atoms with E-state index in [-0.39, 0.29) is 4.88 Å². The van der Waals surface area contributed by atoms with Crippen molar-refractivity contribution in [2.45, 2.75) is 6.61 Å². The number of aromatic carboxylic acids is 1. The third kappa shape index (κ3) is 3.31. The lowest BCUT2D eigenvalue weighted by Gasteiger charge is -2.03. The number of thiophene rings is 1. The molecule has 0 fully saturated rings. The van der Waals surface area contributed by atoms with Crippen LogP contribution in [0.3, 0.4) is 0 Å². The molecule has 0 aliphatic heterocycles. The zero-order valence-electron chi connectivity index (χ0n) is 8.72. The Hall–Kier alpha value is -1.33. The van der Waals surface area contributed by atoms with E-state index in [1.807, 2.05) is 24.3 Å². The van der Waals surface area contributed by atoms with Crippen LogP contribution in [0, 0.1) is 0 Å². The van der Waals surface area contributed by atoms with Gasteiger partial charge in [-0.25, -0.2) is 4.79 Å². The zero-order valence-corrected chi connectivity index (χ0v) is 11.1. The van der Waals surface area contributed by atoms with Gasteiger partial charge in [0.2, 0.25) is 0 Å². The topological polar surface area (TPSA) is 46.5 Å². The van der Waals surface area contributed by atoms with E-state index in [2.05, 4.69) is 15.9 Å². The summed E-state index contributed by atoms with van der Waals surface area (Å²) in [4.78, 5) is 11.0. The van der Waals surface area contributed by atoms with E-state index in [4.69, 9.17) is 9.84 Å². The Bertz CT molecular complexity index is 519. The number of carboxylic acid groups (broad SMARTS) is 1. The summed E-state index contributed by atoms with van der Waals surface area (Å²) < 4.78 is 6.51. The number of hydrogen-bond donors (Lipinski definition) is 1. The summed E-state index contributed by atoms with van der Waals surface area (Å²) in [6.07, 6.45) is 0. The lowest BCUT2D eigenvalue weighted by Crippen LogP contribution is -1.94. The Morgan fingerprint density at radius 3 is 2.65 bits per heavy atom. The Morgan fingerprint density at radius 1 is 1.35 bits per heavy atom. The molecular weight excluding hydrogens is 304 g/mol. The molecule has 3 nitrogen and oxygen atoms in total. The van der Waals surface area contributed by atoms with Crippen LogP contribution < -0.4 is 4.74 Å². The fourth-order valence-electron chi connectivity index (χ4n) is 1.25. The van der Waals surface area contributed by atoms with Crippen molar-refractivity contribution in [2.24, 2.45) is 0 Å². The lowest BCUT2D eigenvalue weighted by molar-refractivity contribution is 0.0702. The molecule has 0 unspecified atom stereocenters. The molecule has 0 saturated carbocycles. The number of carbonyl (C=O) groups is 1. The summed E-state index contributed by atoms with van der Waals surface area (Å²) in [6.45, 7) is 0.434. The predicted molar refractivity (Wildman–Crippen MR) is 69.8 cm³/mol. The highest BCUT2D eigenvalue weighted by atomic mass is 79.9. The van der Waals surface area contributed by atoms with Gasteiger partial charge < -0.3 is 9.84 Å². The van der Waals surface area contributed by atoms with Crippen molar-refractivity contribution in [2.75, 3.05) is 0 Å². The number of carboxylic acids is 1. The summed E-state index contributed by atoms with van der Waals surface area (Å²) in [7, 11) is 0. The maximum Gasteiger partial charge on any atom is 0.346 e. The molecule has 0 radical (unpaired) electrons. The normalized spacial score (nSPS) is 10.2. The lowest BCUT2D eigenvalue weighted by atomic mass is 10.2. The van der Waals surface area contributed by atoms with Crippen molar-refractivity contribution in [1.82, 2.24) is 0 Å². The maximum atomic E-state index is 10.7. The Balaban J connectivity index is 1.97. The second-order valence-corrected chi connectivity index (χ2v) is 5.19. The van der Waals surface area contributed by atoms with Gasteiger partial charge in [0.25, 0.3) is 0 Å². The van der Waals surface area contributed by atoms with Crippen molar-refractivity contribution in [3.05, 3.63) is 50.6 Å². The monoisotopic (exact) mass is 312 g/mol. The summed E-state index contributed by atoms with van der Waals surface area (Å²) in [5, 5.41) is 10.5. The van der Waals surface area contributed by atoms with Gasteiger partial charge in [-0.2, -0.15) is 0 Å². The van der Waals surface area contributed by atoms with E-state index < -0.39 is 5.97 Å². The summed E-state index contributed by atoms with van der Waals surface area (Å²) in [5.41, 5.74) is 1.04. The fourth-order valence-corrected chi connectivity index (χ4v) is 2.18. The number of rotatable bonds is 4. The van der Waals surface area contributed by atoms with E-state index in [0.717, 1.165) is 21.4 Å². The Morgan fingerprint density at radius 2 is 2.06 bits per heavy atom. The molecule has 0 atom stereocenters. The van der Waals surface area contributed by atoms with E-state index in [9.17, 15) is 4.79 Å². The van der Waals surface area contributed by atoms with Crippen molar-refractivity contribution in [3.63, 3.8) is 0 Å². The van der Waals surface area contributed by atoms with Gasteiger partial charge in [-0.15, -0.1) is 11.3 Å². The minimum Gasteiger partial charge on any atom is -0.488 e. The van der Waals surface area contributed by atoms with Crippen LogP contribution >= 0.6 is 27.3 Å². The summed E-state index contributed by atoms with van der Waals surface area (Å²) in [5.74, 6) is -0.330. The molecule has 1 aromatic heterocycles. The molecule has 0 spiro atoms. The molecule has 0 bridgehead atoms.